The van der Waals surface area contributed by atoms with Crippen molar-refractivity contribution >= 4 is 17.7 Å². The summed E-state index contributed by atoms with van der Waals surface area (Å²) in [6.45, 7) is 6.06. The highest BCUT2D eigenvalue weighted by molar-refractivity contribution is 5.98. The molecule has 1 unspecified atom stereocenters. The molecular weight excluding hydrogens is 398 g/mol. The Morgan fingerprint density at radius 2 is 1.58 bits per heavy atom. The minimum Gasteiger partial charge on any atom is -0.494 e. The van der Waals surface area contributed by atoms with Gasteiger partial charge in [0, 0.05) is 5.56 Å². The van der Waals surface area contributed by atoms with Crippen molar-refractivity contribution in [3.05, 3.63) is 29.8 Å². The number of hydrogen-bond acceptors (Lipinski definition) is 5. The number of ether oxygens (including phenoxy) is 1. The SMILES string of the molecule is CCCCCCCCCOc1ccc(C(=O)NC(C(=O)NCC(=O)NO)C(C)C)cc1. The minimum absolute atomic E-state index is 0.189. The minimum atomic E-state index is -0.813. The first-order valence-electron chi connectivity index (χ1n) is 11.1. The zero-order valence-electron chi connectivity index (χ0n) is 18.9. The van der Waals surface area contributed by atoms with E-state index in [1.807, 2.05) is 0 Å². The molecule has 0 bridgehead atoms. The number of unbranched alkanes of at least 4 members (excludes halogenated alkanes) is 6. The first kappa shape index (κ1) is 26.4. The van der Waals surface area contributed by atoms with Crippen molar-refractivity contribution in [2.45, 2.75) is 71.8 Å². The fourth-order valence-corrected chi connectivity index (χ4v) is 3.03. The van der Waals surface area contributed by atoms with Crippen molar-refractivity contribution < 1.29 is 24.3 Å². The Balaban J connectivity index is 2.45. The van der Waals surface area contributed by atoms with Crippen LogP contribution in [-0.4, -0.2) is 42.1 Å². The Bertz CT molecular complexity index is 676. The molecule has 0 aliphatic heterocycles. The second-order valence-corrected chi connectivity index (χ2v) is 7.94. The van der Waals surface area contributed by atoms with Gasteiger partial charge in [0.2, 0.25) is 5.91 Å². The molecule has 0 fully saturated rings. The van der Waals surface area contributed by atoms with E-state index in [-0.39, 0.29) is 18.4 Å². The van der Waals surface area contributed by atoms with Crippen LogP contribution in [0.2, 0.25) is 0 Å². The number of amides is 3. The van der Waals surface area contributed by atoms with Gasteiger partial charge < -0.3 is 15.4 Å². The van der Waals surface area contributed by atoms with Gasteiger partial charge in [0.25, 0.3) is 11.8 Å². The number of benzene rings is 1. The highest BCUT2D eigenvalue weighted by Crippen LogP contribution is 2.14. The van der Waals surface area contributed by atoms with E-state index in [1.165, 1.54) is 37.6 Å². The summed E-state index contributed by atoms with van der Waals surface area (Å²) in [7, 11) is 0. The zero-order valence-corrected chi connectivity index (χ0v) is 18.9. The standard InChI is InChI=1S/C23H37N3O5/c1-4-5-6-7-8-9-10-15-31-19-13-11-18(12-14-19)22(28)25-21(17(2)3)23(29)24-16-20(27)26-30/h11-14,17,21,30H,4-10,15-16H2,1-3H3,(H,24,29)(H,25,28)(H,26,27). The summed E-state index contributed by atoms with van der Waals surface area (Å²) in [6, 6.07) is 5.99. The van der Waals surface area contributed by atoms with Crippen molar-refractivity contribution in [2.24, 2.45) is 5.92 Å². The number of hydroxylamine groups is 1. The molecule has 0 spiro atoms. The fraction of sp³-hybridized carbons (Fsp3) is 0.609. The van der Waals surface area contributed by atoms with Gasteiger partial charge in [-0.15, -0.1) is 0 Å². The number of carbonyl (C=O) groups is 3. The molecule has 1 rings (SSSR count). The van der Waals surface area contributed by atoms with Gasteiger partial charge in [0.05, 0.1) is 13.2 Å². The van der Waals surface area contributed by atoms with E-state index in [4.69, 9.17) is 9.94 Å². The van der Waals surface area contributed by atoms with Crippen LogP contribution < -0.4 is 20.9 Å². The maximum Gasteiger partial charge on any atom is 0.262 e. The second kappa shape index (κ2) is 15.2. The van der Waals surface area contributed by atoms with E-state index in [0.29, 0.717) is 17.9 Å². The third kappa shape index (κ3) is 10.8. The molecule has 8 nitrogen and oxygen atoms in total. The second-order valence-electron chi connectivity index (χ2n) is 7.94. The van der Waals surface area contributed by atoms with Crippen LogP contribution in [-0.2, 0) is 9.59 Å². The summed E-state index contributed by atoms with van der Waals surface area (Å²) in [5.41, 5.74) is 1.85. The largest absolute Gasteiger partial charge is 0.494 e. The monoisotopic (exact) mass is 435 g/mol. The highest BCUT2D eigenvalue weighted by atomic mass is 16.5. The molecule has 174 valence electrons. The van der Waals surface area contributed by atoms with Gasteiger partial charge in [0.1, 0.15) is 11.8 Å². The van der Waals surface area contributed by atoms with Crippen LogP contribution in [0.25, 0.3) is 0 Å². The maximum atomic E-state index is 12.5. The molecule has 3 amide bonds. The molecule has 0 saturated heterocycles. The molecule has 0 aliphatic rings. The summed E-state index contributed by atoms with van der Waals surface area (Å²) in [5.74, 6) is -1.11. The van der Waals surface area contributed by atoms with Gasteiger partial charge in [-0.3, -0.25) is 19.6 Å². The van der Waals surface area contributed by atoms with Gasteiger partial charge >= 0.3 is 0 Å². The number of carbonyl (C=O) groups excluding carboxylic acids is 3. The summed E-state index contributed by atoms with van der Waals surface area (Å²) in [6.07, 6.45) is 8.54. The summed E-state index contributed by atoms with van der Waals surface area (Å²) >= 11 is 0. The Labute approximate surface area is 185 Å². The van der Waals surface area contributed by atoms with Crippen LogP contribution in [0, 0.1) is 5.92 Å². The third-order valence-electron chi connectivity index (χ3n) is 4.92. The lowest BCUT2D eigenvalue weighted by Crippen LogP contribution is -2.51. The molecule has 0 aromatic heterocycles. The van der Waals surface area contributed by atoms with E-state index in [0.717, 1.165) is 12.8 Å². The highest BCUT2D eigenvalue weighted by Gasteiger charge is 2.25. The average molecular weight is 436 g/mol. The van der Waals surface area contributed by atoms with Gasteiger partial charge in [-0.05, 0) is 36.6 Å². The Morgan fingerprint density at radius 3 is 2.16 bits per heavy atom. The predicted octanol–water partition coefficient (Wildman–Crippen LogP) is 3.19. The van der Waals surface area contributed by atoms with Crippen molar-refractivity contribution in [3.8, 4) is 5.75 Å². The van der Waals surface area contributed by atoms with E-state index < -0.39 is 17.9 Å². The predicted molar refractivity (Wildman–Crippen MR) is 119 cm³/mol. The topological polar surface area (TPSA) is 117 Å². The molecule has 4 N–H and O–H groups in total. The van der Waals surface area contributed by atoms with Gasteiger partial charge in [-0.1, -0.05) is 59.3 Å². The van der Waals surface area contributed by atoms with Crippen LogP contribution in [0.1, 0.15) is 76.1 Å². The van der Waals surface area contributed by atoms with E-state index >= 15 is 0 Å². The smallest absolute Gasteiger partial charge is 0.262 e. The van der Waals surface area contributed by atoms with Crippen molar-refractivity contribution in [3.63, 3.8) is 0 Å². The zero-order chi connectivity index (χ0) is 23.1. The molecule has 0 saturated carbocycles. The van der Waals surface area contributed by atoms with Crippen molar-refractivity contribution in [1.29, 1.82) is 0 Å². The molecule has 0 aliphatic carbocycles. The fourth-order valence-electron chi connectivity index (χ4n) is 3.03. The number of hydrogen-bond donors (Lipinski definition) is 4. The molecule has 8 heteroatoms. The Hall–Kier alpha value is -2.61. The maximum absolute atomic E-state index is 12.5. The van der Waals surface area contributed by atoms with Crippen LogP contribution in [0.15, 0.2) is 24.3 Å². The quantitative estimate of drug-likeness (QED) is 0.192. The Kier molecular flexibility index (Phi) is 13.0. The average Bonchev–Trinajstić information content (AvgIpc) is 2.77. The molecule has 1 aromatic rings. The lowest BCUT2D eigenvalue weighted by Gasteiger charge is -2.21. The normalized spacial score (nSPS) is 11.6. The summed E-state index contributed by atoms with van der Waals surface area (Å²) < 4.78 is 5.74. The van der Waals surface area contributed by atoms with E-state index in [1.54, 1.807) is 38.1 Å². The first-order valence-corrected chi connectivity index (χ1v) is 11.1. The van der Waals surface area contributed by atoms with Crippen LogP contribution in [0.3, 0.4) is 0 Å². The Morgan fingerprint density at radius 1 is 0.968 bits per heavy atom. The number of rotatable bonds is 15. The van der Waals surface area contributed by atoms with E-state index in [9.17, 15) is 14.4 Å². The number of nitrogens with one attached hydrogen (secondary N) is 3. The van der Waals surface area contributed by atoms with Crippen LogP contribution in [0.4, 0.5) is 0 Å². The summed E-state index contributed by atoms with van der Waals surface area (Å²) in [5, 5.41) is 13.6. The van der Waals surface area contributed by atoms with E-state index in [2.05, 4.69) is 17.6 Å². The molecule has 31 heavy (non-hydrogen) atoms. The van der Waals surface area contributed by atoms with Crippen LogP contribution in [0.5, 0.6) is 5.75 Å². The lowest BCUT2D eigenvalue weighted by molar-refractivity contribution is -0.132. The van der Waals surface area contributed by atoms with Crippen molar-refractivity contribution in [1.82, 2.24) is 16.1 Å². The molecular formula is C23H37N3O5. The third-order valence-corrected chi connectivity index (χ3v) is 4.92. The molecule has 0 radical (unpaired) electrons. The summed E-state index contributed by atoms with van der Waals surface area (Å²) in [4.78, 5) is 35.9. The molecule has 0 heterocycles. The lowest BCUT2D eigenvalue weighted by atomic mass is 10.0. The van der Waals surface area contributed by atoms with Gasteiger partial charge in [0.15, 0.2) is 0 Å². The van der Waals surface area contributed by atoms with Crippen molar-refractivity contribution in [2.75, 3.05) is 13.2 Å². The van der Waals surface area contributed by atoms with Gasteiger partial charge in [-0.2, -0.15) is 0 Å². The van der Waals surface area contributed by atoms with Gasteiger partial charge in [-0.25, -0.2) is 5.48 Å². The molecule has 1 atom stereocenters. The molecule has 1 aromatic carbocycles. The van der Waals surface area contributed by atoms with Crippen LogP contribution >= 0.6 is 0 Å². The first-order chi connectivity index (χ1) is 14.9.